The van der Waals surface area contributed by atoms with Gasteiger partial charge in [-0.05, 0) is 0 Å². The summed E-state index contributed by atoms with van der Waals surface area (Å²) >= 11 is 0. The minimum atomic E-state index is -1.33. The third-order valence-electron chi connectivity index (χ3n) is 1.16. The molecule has 0 aliphatic rings. The summed E-state index contributed by atoms with van der Waals surface area (Å²) in [6.07, 6.45) is 1.93. The second kappa shape index (κ2) is 7.54. The van der Waals surface area contributed by atoms with Gasteiger partial charge < -0.3 is 10.2 Å². The summed E-state index contributed by atoms with van der Waals surface area (Å²) in [5, 5.41) is 17.0. The number of carboxylic acids is 2. The Bertz CT molecular complexity index is 258. The van der Waals surface area contributed by atoms with E-state index in [1.54, 1.807) is 0 Å². The molecule has 0 saturated carbocycles. The van der Waals surface area contributed by atoms with E-state index in [9.17, 15) is 9.59 Å². The van der Waals surface area contributed by atoms with Gasteiger partial charge in [-0.3, -0.25) is 0 Å². The van der Waals surface area contributed by atoms with Gasteiger partial charge in [-0.25, -0.2) is 9.59 Å². The molecule has 0 heterocycles. The van der Waals surface area contributed by atoms with Crippen LogP contribution in [0.5, 0.6) is 0 Å². The summed E-state index contributed by atoms with van der Waals surface area (Å²) in [5.41, 5.74) is -0.727. The number of hydrogen-bond acceptors (Lipinski definition) is 2. The van der Waals surface area contributed by atoms with Crippen LogP contribution in [0.3, 0.4) is 0 Å². The maximum absolute atomic E-state index is 10.4. The van der Waals surface area contributed by atoms with Crippen LogP contribution in [-0.4, -0.2) is 22.2 Å². The van der Waals surface area contributed by atoms with E-state index in [1.165, 1.54) is 0 Å². The predicted molar refractivity (Wildman–Crippen MR) is 53.9 cm³/mol. The summed E-state index contributed by atoms with van der Waals surface area (Å²) < 4.78 is 0. The quantitative estimate of drug-likeness (QED) is 0.407. The van der Waals surface area contributed by atoms with Crippen molar-refractivity contribution in [2.24, 2.45) is 0 Å². The lowest BCUT2D eigenvalue weighted by Gasteiger charge is -1.97. The minimum Gasteiger partial charge on any atom is -0.478 e. The Morgan fingerprint density at radius 2 is 1.07 bits per heavy atom. The molecule has 0 unspecified atom stereocenters. The molecule has 76 valence electrons. The second-order valence-corrected chi connectivity index (χ2v) is 1.85. The van der Waals surface area contributed by atoms with Gasteiger partial charge in [0.1, 0.15) is 0 Å². The normalized spacial score (nSPS) is 10.0. The molecular weight excluding hydrogens is 184 g/mol. The van der Waals surface area contributed by atoms with Crippen molar-refractivity contribution >= 4 is 11.9 Å². The molecule has 0 amide bonds. The first-order valence-electron chi connectivity index (χ1n) is 3.50. The zero-order chi connectivity index (χ0) is 11.7. The lowest BCUT2D eigenvalue weighted by Crippen LogP contribution is -2.07. The van der Waals surface area contributed by atoms with Crippen LogP contribution in [0.15, 0.2) is 49.6 Å². The fourth-order valence-corrected chi connectivity index (χ4v) is 0.625. The van der Waals surface area contributed by atoms with E-state index in [-0.39, 0.29) is 11.1 Å². The second-order valence-electron chi connectivity index (χ2n) is 1.85. The smallest absolute Gasteiger partial charge is 0.336 e. The molecule has 0 aromatic heterocycles. The number of carbonyl (C=O) groups is 2. The van der Waals surface area contributed by atoms with Crippen molar-refractivity contribution in [1.29, 1.82) is 0 Å². The van der Waals surface area contributed by atoms with E-state index >= 15 is 0 Å². The van der Waals surface area contributed by atoms with Crippen molar-refractivity contribution in [2.75, 3.05) is 0 Å². The van der Waals surface area contributed by atoms with Crippen LogP contribution in [0.2, 0.25) is 0 Å². The first kappa shape index (κ1) is 14.4. The molecule has 0 saturated heterocycles. The van der Waals surface area contributed by atoms with Crippen molar-refractivity contribution in [1.82, 2.24) is 0 Å². The van der Waals surface area contributed by atoms with Crippen LogP contribution in [-0.2, 0) is 9.59 Å². The van der Waals surface area contributed by atoms with Crippen LogP contribution >= 0.6 is 0 Å². The average molecular weight is 196 g/mol. The van der Waals surface area contributed by atoms with Crippen LogP contribution in [0.25, 0.3) is 0 Å². The summed E-state index contributed by atoms with van der Waals surface area (Å²) in [4.78, 5) is 20.8. The van der Waals surface area contributed by atoms with Gasteiger partial charge in [0.15, 0.2) is 0 Å². The van der Waals surface area contributed by atoms with Crippen LogP contribution in [0.1, 0.15) is 0 Å². The first-order valence-corrected chi connectivity index (χ1v) is 3.50. The molecule has 0 aromatic carbocycles. The highest BCUT2D eigenvalue weighted by molar-refractivity contribution is 6.02. The molecule has 0 aliphatic carbocycles. The Morgan fingerprint density at radius 1 is 0.857 bits per heavy atom. The van der Waals surface area contributed by atoms with Crippen molar-refractivity contribution in [3.05, 3.63) is 49.6 Å². The Kier molecular flexibility index (Phi) is 7.77. The molecule has 0 aliphatic heterocycles. The van der Waals surface area contributed by atoms with E-state index in [4.69, 9.17) is 10.2 Å². The lowest BCUT2D eigenvalue weighted by atomic mass is 10.1. The lowest BCUT2D eigenvalue weighted by molar-refractivity contribution is -0.135. The van der Waals surface area contributed by atoms with E-state index in [2.05, 4.69) is 26.3 Å². The standard InChI is InChI=1S/C8H8O4.C2H4/c1-3-5(7(9)10)6(4-2)8(11)12;1-2/h3-4H,1-2H2,(H,9,10)(H,11,12);1-2H2/b6-5-;. The zero-order valence-corrected chi connectivity index (χ0v) is 7.69. The molecule has 0 rings (SSSR count). The Labute approximate surface area is 82.2 Å². The fraction of sp³-hybridized carbons (Fsp3) is 0. The van der Waals surface area contributed by atoms with Crippen molar-refractivity contribution in [2.45, 2.75) is 0 Å². The van der Waals surface area contributed by atoms with Gasteiger partial charge in [0.2, 0.25) is 0 Å². The summed E-state index contributed by atoms with van der Waals surface area (Å²) in [5.74, 6) is -2.66. The summed E-state index contributed by atoms with van der Waals surface area (Å²) in [6, 6.07) is 0. The molecule has 0 atom stereocenters. The highest BCUT2D eigenvalue weighted by atomic mass is 16.4. The number of hydrogen-bond donors (Lipinski definition) is 2. The van der Waals surface area contributed by atoms with Gasteiger partial charge in [-0.1, -0.05) is 25.3 Å². The molecule has 4 nitrogen and oxygen atoms in total. The van der Waals surface area contributed by atoms with E-state index in [1.807, 2.05) is 0 Å². The van der Waals surface area contributed by atoms with Crippen LogP contribution in [0, 0.1) is 0 Å². The van der Waals surface area contributed by atoms with Crippen LogP contribution < -0.4 is 0 Å². The molecule has 0 bridgehead atoms. The molecule has 4 heteroatoms. The predicted octanol–water partition coefficient (Wildman–Crippen LogP) is 1.63. The fourth-order valence-electron chi connectivity index (χ4n) is 0.625. The molecule has 2 N–H and O–H groups in total. The summed E-state index contributed by atoms with van der Waals surface area (Å²) in [6.45, 7) is 12.4. The Morgan fingerprint density at radius 3 is 1.14 bits per heavy atom. The van der Waals surface area contributed by atoms with Gasteiger partial charge >= 0.3 is 11.9 Å². The van der Waals surface area contributed by atoms with Crippen molar-refractivity contribution in [3.63, 3.8) is 0 Å². The van der Waals surface area contributed by atoms with E-state index in [0.717, 1.165) is 12.2 Å². The molecule has 0 aromatic rings. The first-order chi connectivity index (χ1) is 6.54. The van der Waals surface area contributed by atoms with Crippen molar-refractivity contribution < 1.29 is 19.8 Å². The summed E-state index contributed by atoms with van der Waals surface area (Å²) in [7, 11) is 0. The molecular formula is C10H12O4. The van der Waals surface area contributed by atoms with Gasteiger partial charge in [-0.15, -0.1) is 13.2 Å². The van der Waals surface area contributed by atoms with Gasteiger partial charge in [0, 0.05) is 0 Å². The van der Waals surface area contributed by atoms with Gasteiger partial charge in [0.25, 0.3) is 0 Å². The molecule has 0 fully saturated rings. The highest BCUT2D eigenvalue weighted by Gasteiger charge is 2.13. The van der Waals surface area contributed by atoms with Gasteiger partial charge in [0.05, 0.1) is 11.1 Å². The third-order valence-corrected chi connectivity index (χ3v) is 1.16. The topological polar surface area (TPSA) is 74.6 Å². The van der Waals surface area contributed by atoms with Crippen LogP contribution in [0.4, 0.5) is 0 Å². The average Bonchev–Trinajstić information content (AvgIpc) is 2.15. The number of rotatable bonds is 4. The maximum atomic E-state index is 10.4. The molecule has 0 spiro atoms. The maximum Gasteiger partial charge on any atom is 0.336 e. The number of aliphatic carboxylic acids is 2. The van der Waals surface area contributed by atoms with Gasteiger partial charge in [-0.2, -0.15) is 0 Å². The Hall–Kier alpha value is -2.10. The Balaban J connectivity index is 0. The minimum absolute atomic E-state index is 0.363. The largest absolute Gasteiger partial charge is 0.478 e. The molecule has 0 radical (unpaired) electrons. The monoisotopic (exact) mass is 196 g/mol. The number of carboxylic acid groups (broad SMARTS) is 2. The SMILES string of the molecule is C=C.C=C/C(C(=O)O)=C(\C=C)C(=O)O. The molecule has 14 heavy (non-hydrogen) atoms. The third kappa shape index (κ3) is 4.06. The highest BCUT2D eigenvalue weighted by Crippen LogP contribution is 2.07. The van der Waals surface area contributed by atoms with Crippen molar-refractivity contribution in [3.8, 4) is 0 Å². The zero-order valence-electron chi connectivity index (χ0n) is 7.69. The van der Waals surface area contributed by atoms with E-state index in [0.29, 0.717) is 0 Å². The van der Waals surface area contributed by atoms with E-state index < -0.39 is 11.9 Å².